The molecule has 114 valence electrons. The van der Waals surface area contributed by atoms with Gasteiger partial charge in [0.05, 0.1) is 33.2 Å². The molecule has 0 bridgehead atoms. The Hall–Kier alpha value is -1.78. The molecule has 1 aromatic carbocycles. The number of terminal acetylenes is 1. The van der Waals surface area contributed by atoms with Gasteiger partial charge in [-0.2, -0.15) is 0 Å². The van der Waals surface area contributed by atoms with Crippen LogP contribution in [0.3, 0.4) is 0 Å². The number of ether oxygens (including phenoxy) is 3. The Kier molecular flexibility index (Phi) is 6.84. The van der Waals surface area contributed by atoms with Crippen molar-refractivity contribution in [2.75, 3.05) is 51.3 Å². The summed E-state index contributed by atoms with van der Waals surface area (Å²) < 4.78 is 16.1. The zero-order valence-corrected chi connectivity index (χ0v) is 12.0. The van der Waals surface area contributed by atoms with Gasteiger partial charge in [0.1, 0.15) is 19.0 Å². The lowest BCUT2D eigenvalue weighted by molar-refractivity contribution is 0.0462. The van der Waals surface area contributed by atoms with E-state index in [0.29, 0.717) is 33.0 Å². The molecule has 2 rings (SSSR count). The van der Waals surface area contributed by atoms with E-state index in [4.69, 9.17) is 20.6 Å². The highest BCUT2D eigenvalue weighted by Gasteiger charge is 2.10. The van der Waals surface area contributed by atoms with Gasteiger partial charge in [-0.15, -0.1) is 6.42 Å². The Morgan fingerprint density at radius 3 is 2.38 bits per heavy atom. The average Bonchev–Trinajstić information content (AvgIpc) is 3.05. The molecule has 0 atom stereocenters. The van der Waals surface area contributed by atoms with Crippen molar-refractivity contribution in [3.05, 3.63) is 24.3 Å². The van der Waals surface area contributed by atoms with Crippen molar-refractivity contribution in [2.45, 2.75) is 0 Å². The monoisotopic (exact) mass is 291 g/mol. The third-order valence-electron chi connectivity index (χ3n) is 2.92. The zero-order chi connectivity index (χ0) is 14.8. The highest BCUT2D eigenvalue weighted by Crippen LogP contribution is 2.19. The minimum Gasteiger partial charge on any atom is -0.491 e. The van der Waals surface area contributed by atoms with Crippen LogP contribution in [0.2, 0.25) is 0 Å². The minimum atomic E-state index is 0.328. The van der Waals surface area contributed by atoms with Crippen molar-refractivity contribution < 1.29 is 14.2 Å². The van der Waals surface area contributed by atoms with Crippen LogP contribution in [0.15, 0.2) is 24.3 Å². The Balaban J connectivity index is 1.57. The summed E-state index contributed by atoms with van der Waals surface area (Å²) in [6, 6.07) is 8.00. The Morgan fingerprint density at radius 2 is 1.67 bits per heavy atom. The van der Waals surface area contributed by atoms with Crippen LogP contribution in [0.5, 0.6) is 5.75 Å². The van der Waals surface area contributed by atoms with Crippen LogP contribution < -0.4 is 20.5 Å². The van der Waals surface area contributed by atoms with Crippen molar-refractivity contribution >= 4 is 5.69 Å². The van der Waals surface area contributed by atoms with Gasteiger partial charge in [-0.3, -0.25) is 0 Å². The third-order valence-corrected chi connectivity index (χ3v) is 2.92. The first-order chi connectivity index (χ1) is 10.4. The molecule has 1 aromatic rings. The topological polar surface area (TPSA) is 55.0 Å². The standard InChI is InChI=1S/C15H21N3O3/c1-2-7-19-8-9-20-10-11-21-15-5-3-14(4-6-15)18-12-16-17-13-18/h1,3-6,16-17H,7-13H2. The molecule has 0 amide bonds. The zero-order valence-electron chi connectivity index (χ0n) is 12.0. The van der Waals surface area contributed by atoms with E-state index in [1.54, 1.807) is 0 Å². The number of anilines is 1. The number of nitrogens with zero attached hydrogens (tertiary/aromatic N) is 1. The summed E-state index contributed by atoms with van der Waals surface area (Å²) in [5.41, 5.74) is 7.27. The van der Waals surface area contributed by atoms with Gasteiger partial charge in [0.25, 0.3) is 0 Å². The maximum Gasteiger partial charge on any atom is 0.119 e. The summed E-state index contributed by atoms with van der Waals surface area (Å²) >= 11 is 0. The van der Waals surface area contributed by atoms with E-state index >= 15 is 0 Å². The number of rotatable bonds is 9. The highest BCUT2D eigenvalue weighted by molar-refractivity contribution is 5.49. The Bertz CT molecular complexity index is 438. The van der Waals surface area contributed by atoms with Crippen molar-refractivity contribution in [1.82, 2.24) is 10.9 Å². The molecule has 1 fully saturated rings. The molecule has 0 unspecified atom stereocenters. The smallest absolute Gasteiger partial charge is 0.119 e. The normalized spacial score (nSPS) is 14.1. The lowest BCUT2D eigenvalue weighted by atomic mass is 10.3. The highest BCUT2D eigenvalue weighted by atomic mass is 16.5. The van der Waals surface area contributed by atoms with E-state index in [0.717, 1.165) is 24.8 Å². The van der Waals surface area contributed by atoms with Gasteiger partial charge in [-0.05, 0) is 24.3 Å². The van der Waals surface area contributed by atoms with Gasteiger partial charge < -0.3 is 19.1 Å². The molecule has 0 aliphatic carbocycles. The van der Waals surface area contributed by atoms with E-state index in [-0.39, 0.29) is 0 Å². The SMILES string of the molecule is C#CCOCCOCCOc1ccc(N2CNNC2)cc1. The van der Waals surface area contributed by atoms with Crippen molar-refractivity contribution in [3.8, 4) is 18.1 Å². The second kappa shape index (κ2) is 9.21. The molecular formula is C15H21N3O3. The number of hydrogen-bond acceptors (Lipinski definition) is 6. The number of hydrogen-bond donors (Lipinski definition) is 2. The molecule has 21 heavy (non-hydrogen) atoms. The summed E-state index contributed by atoms with van der Waals surface area (Å²) in [5, 5.41) is 0. The average molecular weight is 291 g/mol. The third kappa shape index (κ3) is 5.61. The fourth-order valence-electron chi connectivity index (χ4n) is 1.86. The van der Waals surface area contributed by atoms with Gasteiger partial charge in [0, 0.05) is 5.69 Å². The molecular weight excluding hydrogens is 270 g/mol. The lowest BCUT2D eigenvalue weighted by Gasteiger charge is -2.16. The Labute approximate surface area is 125 Å². The van der Waals surface area contributed by atoms with E-state index < -0.39 is 0 Å². The maximum absolute atomic E-state index is 5.60. The fraction of sp³-hybridized carbons (Fsp3) is 0.467. The van der Waals surface area contributed by atoms with Crippen LogP contribution in [-0.4, -0.2) is 46.4 Å². The molecule has 0 aromatic heterocycles. The molecule has 1 saturated heterocycles. The number of nitrogens with one attached hydrogen (secondary N) is 2. The summed E-state index contributed by atoms with van der Waals surface area (Å²) in [4.78, 5) is 2.18. The number of hydrazine groups is 1. The van der Waals surface area contributed by atoms with E-state index in [9.17, 15) is 0 Å². The molecule has 0 spiro atoms. The maximum atomic E-state index is 5.60. The van der Waals surface area contributed by atoms with E-state index in [1.165, 1.54) is 0 Å². The molecule has 0 radical (unpaired) electrons. The van der Waals surface area contributed by atoms with Crippen molar-refractivity contribution in [3.63, 3.8) is 0 Å². The molecule has 0 saturated carbocycles. The molecule has 6 nitrogen and oxygen atoms in total. The largest absolute Gasteiger partial charge is 0.491 e. The first-order valence-electron chi connectivity index (χ1n) is 6.92. The Morgan fingerprint density at radius 1 is 1.00 bits per heavy atom. The second-order valence-corrected chi connectivity index (χ2v) is 4.42. The van der Waals surface area contributed by atoms with E-state index in [2.05, 4.69) is 21.7 Å². The van der Waals surface area contributed by atoms with Crippen LogP contribution in [-0.2, 0) is 9.47 Å². The first-order valence-corrected chi connectivity index (χ1v) is 6.92. The molecule has 6 heteroatoms. The number of benzene rings is 1. The first kappa shape index (κ1) is 15.6. The lowest BCUT2D eigenvalue weighted by Crippen LogP contribution is -2.21. The predicted octanol–water partition coefficient (Wildman–Crippen LogP) is 0.561. The van der Waals surface area contributed by atoms with Crippen LogP contribution in [0.4, 0.5) is 5.69 Å². The van der Waals surface area contributed by atoms with Crippen molar-refractivity contribution in [1.29, 1.82) is 0 Å². The quantitative estimate of drug-likeness (QED) is 0.512. The summed E-state index contributed by atoms with van der Waals surface area (Å²) in [6.45, 7) is 4.01. The summed E-state index contributed by atoms with van der Waals surface area (Å²) in [7, 11) is 0. The summed E-state index contributed by atoms with van der Waals surface area (Å²) in [6.07, 6.45) is 5.06. The van der Waals surface area contributed by atoms with Crippen molar-refractivity contribution in [2.24, 2.45) is 0 Å². The second-order valence-electron chi connectivity index (χ2n) is 4.42. The van der Waals surface area contributed by atoms with Gasteiger partial charge in [-0.1, -0.05) is 5.92 Å². The van der Waals surface area contributed by atoms with Crippen LogP contribution in [0, 0.1) is 12.3 Å². The van der Waals surface area contributed by atoms with Crippen LogP contribution >= 0.6 is 0 Å². The van der Waals surface area contributed by atoms with E-state index in [1.807, 2.05) is 24.3 Å². The summed E-state index contributed by atoms with van der Waals surface area (Å²) in [5.74, 6) is 3.24. The van der Waals surface area contributed by atoms with Gasteiger partial charge in [0.2, 0.25) is 0 Å². The van der Waals surface area contributed by atoms with Gasteiger partial charge in [0.15, 0.2) is 0 Å². The van der Waals surface area contributed by atoms with Gasteiger partial charge in [-0.25, -0.2) is 10.9 Å². The van der Waals surface area contributed by atoms with Crippen LogP contribution in [0.25, 0.3) is 0 Å². The molecule has 1 aliphatic heterocycles. The van der Waals surface area contributed by atoms with Gasteiger partial charge >= 0.3 is 0 Å². The molecule has 1 aliphatic rings. The molecule has 2 N–H and O–H groups in total. The molecule has 1 heterocycles. The predicted molar refractivity (Wildman–Crippen MR) is 80.9 cm³/mol. The minimum absolute atomic E-state index is 0.328. The van der Waals surface area contributed by atoms with Crippen LogP contribution in [0.1, 0.15) is 0 Å². The fourth-order valence-corrected chi connectivity index (χ4v) is 1.86.